The standard InChI is InChI=1S/C22H49NO2Si/c1-22(26(24)25)20-18-16-14-12-10-8-6-4-2-3-5-7-9-11-13-15-17-19-21-23/h22,24-26H,2-21,23H2,1H3. The summed E-state index contributed by atoms with van der Waals surface area (Å²) in [7, 11) is -2.37. The van der Waals surface area contributed by atoms with E-state index >= 15 is 0 Å². The van der Waals surface area contributed by atoms with E-state index in [9.17, 15) is 0 Å². The molecule has 0 saturated carbocycles. The second kappa shape index (κ2) is 21.4. The molecule has 1 unspecified atom stereocenters. The molecule has 0 spiro atoms. The van der Waals surface area contributed by atoms with Crippen LogP contribution in [0.4, 0.5) is 0 Å². The van der Waals surface area contributed by atoms with Gasteiger partial charge in [-0.05, 0) is 24.9 Å². The summed E-state index contributed by atoms with van der Waals surface area (Å²) >= 11 is 0. The predicted octanol–water partition coefficient (Wildman–Crippen LogP) is 5.95. The third kappa shape index (κ3) is 20.4. The van der Waals surface area contributed by atoms with Gasteiger partial charge in [0.25, 0.3) is 0 Å². The monoisotopic (exact) mass is 387 g/mol. The summed E-state index contributed by atoms with van der Waals surface area (Å²) in [5.74, 6) is 0. The quantitative estimate of drug-likeness (QED) is 0.168. The number of rotatable bonds is 21. The van der Waals surface area contributed by atoms with Crippen molar-refractivity contribution in [2.45, 2.75) is 134 Å². The van der Waals surface area contributed by atoms with Gasteiger partial charge in [0.2, 0.25) is 0 Å². The molecular formula is C22H49NO2Si. The van der Waals surface area contributed by atoms with Gasteiger partial charge in [-0.25, -0.2) is 0 Å². The van der Waals surface area contributed by atoms with Crippen molar-refractivity contribution in [2.75, 3.05) is 6.54 Å². The molecule has 4 N–H and O–H groups in total. The average Bonchev–Trinajstić information content (AvgIpc) is 2.63. The van der Waals surface area contributed by atoms with Crippen molar-refractivity contribution in [3.8, 4) is 0 Å². The van der Waals surface area contributed by atoms with Crippen molar-refractivity contribution >= 4 is 9.28 Å². The Kier molecular flexibility index (Phi) is 21.5. The molecule has 158 valence electrons. The first-order chi connectivity index (χ1) is 12.7. The second-order valence-corrected chi connectivity index (χ2v) is 10.3. The molecule has 0 aliphatic carbocycles. The van der Waals surface area contributed by atoms with E-state index in [1.165, 1.54) is 116 Å². The molecule has 0 heterocycles. The van der Waals surface area contributed by atoms with Crippen molar-refractivity contribution in [3.63, 3.8) is 0 Å². The minimum Gasteiger partial charge on any atom is -0.413 e. The van der Waals surface area contributed by atoms with Crippen molar-refractivity contribution in [1.29, 1.82) is 0 Å². The fourth-order valence-electron chi connectivity index (χ4n) is 3.59. The highest BCUT2D eigenvalue weighted by Crippen LogP contribution is 2.18. The zero-order valence-corrected chi connectivity index (χ0v) is 18.9. The first-order valence-corrected chi connectivity index (χ1v) is 13.4. The molecule has 0 aromatic heterocycles. The van der Waals surface area contributed by atoms with Gasteiger partial charge >= 0.3 is 9.28 Å². The number of nitrogens with two attached hydrogens (primary N) is 1. The van der Waals surface area contributed by atoms with Gasteiger partial charge in [0.1, 0.15) is 0 Å². The van der Waals surface area contributed by atoms with Crippen molar-refractivity contribution in [1.82, 2.24) is 0 Å². The SMILES string of the molecule is CC(CCCCCCCCCCCCCCCCCCCCN)[SiH](O)O. The fourth-order valence-corrected chi connectivity index (χ4v) is 4.12. The zero-order valence-electron chi connectivity index (χ0n) is 17.8. The Morgan fingerprint density at radius 3 is 1.08 bits per heavy atom. The molecule has 0 bridgehead atoms. The molecule has 26 heavy (non-hydrogen) atoms. The smallest absolute Gasteiger partial charge is 0.318 e. The van der Waals surface area contributed by atoms with Gasteiger partial charge in [-0.2, -0.15) is 0 Å². The maximum atomic E-state index is 9.16. The van der Waals surface area contributed by atoms with Crippen molar-refractivity contribution in [2.24, 2.45) is 5.73 Å². The van der Waals surface area contributed by atoms with E-state index in [4.69, 9.17) is 15.3 Å². The van der Waals surface area contributed by atoms with Crippen LogP contribution in [0.2, 0.25) is 5.54 Å². The summed E-state index contributed by atoms with van der Waals surface area (Å²) in [5.41, 5.74) is 5.67. The van der Waals surface area contributed by atoms with Gasteiger partial charge in [-0.1, -0.05) is 116 Å². The van der Waals surface area contributed by atoms with E-state index in [-0.39, 0.29) is 5.54 Å². The summed E-state index contributed by atoms with van der Waals surface area (Å²) in [4.78, 5) is 18.3. The molecule has 0 rings (SSSR count). The van der Waals surface area contributed by atoms with Gasteiger partial charge in [0.15, 0.2) is 0 Å². The van der Waals surface area contributed by atoms with Crippen LogP contribution in [0.15, 0.2) is 0 Å². The normalized spacial score (nSPS) is 12.8. The first kappa shape index (κ1) is 26.1. The van der Waals surface area contributed by atoms with E-state index in [0.29, 0.717) is 0 Å². The predicted molar refractivity (Wildman–Crippen MR) is 118 cm³/mol. The Morgan fingerprint density at radius 2 is 0.808 bits per heavy atom. The molecule has 1 atom stereocenters. The highest BCUT2D eigenvalue weighted by molar-refractivity contribution is 6.42. The largest absolute Gasteiger partial charge is 0.413 e. The van der Waals surface area contributed by atoms with Crippen LogP contribution < -0.4 is 5.73 Å². The van der Waals surface area contributed by atoms with Gasteiger partial charge in [-0.3, -0.25) is 0 Å². The third-order valence-electron chi connectivity index (χ3n) is 5.62. The lowest BCUT2D eigenvalue weighted by Crippen LogP contribution is -2.17. The lowest BCUT2D eigenvalue weighted by molar-refractivity contribution is 0.380. The molecule has 3 nitrogen and oxygen atoms in total. The van der Waals surface area contributed by atoms with Crippen LogP contribution in [0.25, 0.3) is 0 Å². The summed E-state index contributed by atoms with van der Waals surface area (Å²) in [5, 5.41) is 0. The van der Waals surface area contributed by atoms with Crippen LogP contribution in [0.3, 0.4) is 0 Å². The zero-order chi connectivity index (χ0) is 19.3. The molecule has 0 aliphatic rings. The summed E-state index contributed by atoms with van der Waals surface area (Å²) < 4.78 is 0. The number of unbranched alkanes of at least 4 members (excludes halogenated alkanes) is 17. The molecule has 0 aromatic carbocycles. The summed E-state index contributed by atoms with van der Waals surface area (Å²) in [6, 6.07) is 0. The maximum Gasteiger partial charge on any atom is 0.318 e. The third-order valence-corrected chi connectivity index (χ3v) is 6.97. The van der Waals surface area contributed by atoms with Crippen LogP contribution >= 0.6 is 0 Å². The van der Waals surface area contributed by atoms with E-state index < -0.39 is 9.28 Å². The first-order valence-electron chi connectivity index (χ1n) is 11.7. The van der Waals surface area contributed by atoms with Gasteiger partial charge in [0, 0.05) is 0 Å². The van der Waals surface area contributed by atoms with E-state index in [2.05, 4.69) is 0 Å². The molecule has 0 saturated heterocycles. The molecule has 0 radical (unpaired) electrons. The maximum absolute atomic E-state index is 9.16. The lowest BCUT2D eigenvalue weighted by atomic mass is 10.0. The Balaban J connectivity index is 3.03. The molecule has 0 aromatic rings. The number of hydrogen-bond acceptors (Lipinski definition) is 3. The molecule has 0 aliphatic heterocycles. The summed E-state index contributed by atoms with van der Waals surface area (Å²) in [6.45, 7) is 2.83. The van der Waals surface area contributed by atoms with Crippen molar-refractivity contribution in [3.05, 3.63) is 0 Å². The number of hydrogen-bond donors (Lipinski definition) is 3. The van der Waals surface area contributed by atoms with Crippen molar-refractivity contribution < 1.29 is 9.59 Å². The Morgan fingerprint density at radius 1 is 0.538 bits per heavy atom. The van der Waals surface area contributed by atoms with Gasteiger partial charge < -0.3 is 15.3 Å². The van der Waals surface area contributed by atoms with Crippen LogP contribution in [-0.4, -0.2) is 25.4 Å². The Labute approximate surface area is 166 Å². The van der Waals surface area contributed by atoms with Crippen LogP contribution in [0, 0.1) is 0 Å². The van der Waals surface area contributed by atoms with E-state index in [1.807, 2.05) is 6.92 Å². The minimum absolute atomic E-state index is 0.163. The highest BCUT2D eigenvalue weighted by atomic mass is 28.3. The average molecular weight is 388 g/mol. The summed E-state index contributed by atoms with van der Waals surface area (Å²) in [6.07, 6.45) is 25.7. The highest BCUT2D eigenvalue weighted by Gasteiger charge is 2.12. The Hall–Kier alpha value is 0.0969. The topological polar surface area (TPSA) is 66.5 Å². The second-order valence-electron chi connectivity index (χ2n) is 8.33. The van der Waals surface area contributed by atoms with Crippen LogP contribution in [-0.2, 0) is 0 Å². The van der Waals surface area contributed by atoms with Crippen LogP contribution in [0.1, 0.15) is 129 Å². The fraction of sp³-hybridized carbons (Fsp3) is 1.00. The minimum atomic E-state index is -2.37. The Bertz CT molecular complexity index is 265. The lowest BCUT2D eigenvalue weighted by Gasteiger charge is -2.10. The van der Waals surface area contributed by atoms with E-state index in [1.54, 1.807) is 0 Å². The molecule has 0 fully saturated rings. The van der Waals surface area contributed by atoms with Gasteiger partial charge in [0.05, 0.1) is 0 Å². The van der Waals surface area contributed by atoms with E-state index in [0.717, 1.165) is 13.0 Å². The van der Waals surface area contributed by atoms with Crippen LogP contribution in [0.5, 0.6) is 0 Å². The van der Waals surface area contributed by atoms with Gasteiger partial charge in [-0.15, -0.1) is 0 Å². The molecule has 4 heteroatoms. The molecule has 0 amide bonds. The molecular weight excluding hydrogens is 338 g/mol.